The summed E-state index contributed by atoms with van der Waals surface area (Å²) in [6, 6.07) is 7.29. The molecule has 0 atom stereocenters. The lowest BCUT2D eigenvalue weighted by Crippen LogP contribution is -2.54. The number of rotatable bonds is 3. The molecule has 0 bridgehead atoms. The molecular weight excluding hydrogens is 278 g/mol. The second kappa shape index (κ2) is 5.93. The summed E-state index contributed by atoms with van der Waals surface area (Å²) < 4.78 is 0. The Bertz CT molecular complexity index is 577. The minimum atomic E-state index is -0.272. The average molecular weight is 292 g/mol. The fourth-order valence-electron chi connectivity index (χ4n) is 2.25. The number of anilines is 1. The van der Waals surface area contributed by atoms with E-state index in [-0.39, 0.29) is 37.9 Å². The molecule has 2 amide bonds. The fourth-order valence-corrected chi connectivity index (χ4v) is 2.47. The zero-order valence-corrected chi connectivity index (χ0v) is 11.9. The van der Waals surface area contributed by atoms with Crippen LogP contribution in [0.3, 0.4) is 0 Å². The monoisotopic (exact) mass is 291 g/mol. The van der Waals surface area contributed by atoms with Crippen molar-refractivity contribution >= 4 is 29.1 Å². The number of halogens is 1. The quantitative estimate of drug-likeness (QED) is 0.796. The number of hydrogen-bond acceptors (Lipinski definition) is 4. The average Bonchev–Trinajstić information content (AvgIpc) is 2.37. The Morgan fingerprint density at radius 2 is 1.95 bits per heavy atom. The van der Waals surface area contributed by atoms with Gasteiger partial charge in [-0.1, -0.05) is 11.6 Å². The summed E-state index contributed by atoms with van der Waals surface area (Å²) in [4.78, 5) is 26.9. The van der Waals surface area contributed by atoms with Gasteiger partial charge in [0.15, 0.2) is 0 Å². The molecule has 0 aromatic heterocycles. The van der Waals surface area contributed by atoms with Crippen molar-refractivity contribution in [1.29, 1.82) is 5.26 Å². The van der Waals surface area contributed by atoms with Gasteiger partial charge in [0.1, 0.15) is 0 Å². The first kappa shape index (κ1) is 14.4. The Morgan fingerprint density at radius 1 is 1.30 bits per heavy atom. The summed E-state index contributed by atoms with van der Waals surface area (Å²) in [5.74, 6) is -0.545. The van der Waals surface area contributed by atoms with Crippen LogP contribution < -0.4 is 4.90 Å². The molecule has 1 aromatic carbocycles. The Morgan fingerprint density at radius 3 is 2.50 bits per heavy atom. The van der Waals surface area contributed by atoms with Crippen molar-refractivity contribution in [2.45, 2.75) is 13.3 Å². The van der Waals surface area contributed by atoms with E-state index in [0.29, 0.717) is 5.02 Å². The Hall–Kier alpha value is -2.06. The van der Waals surface area contributed by atoms with Gasteiger partial charge in [-0.05, 0) is 30.7 Å². The van der Waals surface area contributed by atoms with Crippen molar-refractivity contribution < 1.29 is 9.59 Å². The molecule has 104 valence electrons. The van der Waals surface area contributed by atoms with Crippen molar-refractivity contribution in [3.63, 3.8) is 0 Å². The molecule has 0 saturated carbocycles. The topological polar surface area (TPSA) is 64.4 Å². The van der Waals surface area contributed by atoms with Gasteiger partial charge in [0.2, 0.25) is 11.8 Å². The van der Waals surface area contributed by atoms with Gasteiger partial charge in [-0.25, -0.2) is 0 Å². The van der Waals surface area contributed by atoms with Gasteiger partial charge in [-0.2, -0.15) is 5.26 Å². The maximum Gasteiger partial charge on any atom is 0.248 e. The molecule has 1 heterocycles. The molecule has 0 N–H and O–H groups in total. The molecule has 0 spiro atoms. The van der Waals surface area contributed by atoms with Crippen LogP contribution in [0.15, 0.2) is 18.2 Å². The number of nitriles is 1. The van der Waals surface area contributed by atoms with Crippen LogP contribution in [0, 0.1) is 18.3 Å². The van der Waals surface area contributed by atoms with E-state index in [0.717, 1.165) is 16.2 Å². The minimum Gasteiger partial charge on any atom is -0.353 e. The van der Waals surface area contributed by atoms with Gasteiger partial charge in [0.25, 0.3) is 0 Å². The molecule has 1 saturated heterocycles. The fraction of sp³-hybridized carbons (Fsp3) is 0.357. The third-order valence-corrected chi connectivity index (χ3v) is 3.44. The van der Waals surface area contributed by atoms with Crippen molar-refractivity contribution in [2.75, 3.05) is 24.5 Å². The molecule has 6 heteroatoms. The molecule has 1 aliphatic heterocycles. The minimum absolute atomic E-state index is 0.139. The van der Waals surface area contributed by atoms with E-state index in [1.54, 1.807) is 17.0 Å². The van der Waals surface area contributed by atoms with Gasteiger partial charge >= 0.3 is 0 Å². The number of imide groups is 1. The van der Waals surface area contributed by atoms with Gasteiger partial charge in [-0.15, -0.1) is 0 Å². The first-order valence-corrected chi connectivity index (χ1v) is 6.62. The first-order valence-electron chi connectivity index (χ1n) is 6.24. The van der Waals surface area contributed by atoms with Crippen molar-refractivity contribution in [1.82, 2.24) is 4.90 Å². The lowest BCUT2D eigenvalue weighted by atomic mass is 10.1. The Balaban J connectivity index is 2.16. The van der Waals surface area contributed by atoms with Crippen molar-refractivity contribution in [2.24, 2.45) is 0 Å². The number of aryl methyl sites for hydroxylation is 1. The molecular formula is C14H14ClN3O2. The van der Waals surface area contributed by atoms with E-state index in [2.05, 4.69) is 0 Å². The van der Waals surface area contributed by atoms with Gasteiger partial charge in [-0.3, -0.25) is 14.5 Å². The third kappa shape index (κ3) is 2.91. The SMILES string of the molecule is Cc1cc(Cl)ccc1N1CC(=O)N(CCC#N)C(=O)C1. The molecule has 2 rings (SSSR count). The first-order chi connectivity index (χ1) is 9.52. The summed E-state index contributed by atoms with van der Waals surface area (Å²) in [5.41, 5.74) is 1.75. The van der Waals surface area contributed by atoms with E-state index in [4.69, 9.17) is 16.9 Å². The number of carbonyl (C=O) groups excluding carboxylic acids is 2. The van der Waals surface area contributed by atoms with Crippen LogP contribution >= 0.6 is 11.6 Å². The molecule has 1 fully saturated rings. The largest absolute Gasteiger partial charge is 0.353 e. The normalized spacial score (nSPS) is 15.4. The highest BCUT2D eigenvalue weighted by atomic mass is 35.5. The van der Waals surface area contributed by atoms with Crippen LogP contribution in [0.4, 0.5) is 5.69 Å². The van der Waals surface area contributed by atoms with Crippen LogP contribution in [0.25, 0.3) is 0 Å². The van der Waals surface area contributed by atoms with E-state index in [1.165, 1.54) is 0 Å². The number of benzene rings is 1. The predicted octanol–water partition coefficient (Wildman–Crippen LogP) is 1.74. The lowest BCUT2D eigenvalue weighted by molar-refractivity contribution is -0.145. The zero-order chi connectivity index (χ0) is 14.7. The Labute approximate surface area is 122 Å². The van der Waals surface area contributed by atoms with E-state index in [1.807, 2.05) is 19.1 Å². The maximum atomic E-state index is 12.0. The Kier molecular flexibility index (Phi) is 4.26. The molecule has 0 radical (unpaired) electrons. The summed E-state index contributed by atoms with van der Waals surface area (Å²) >= 11 is 5.90. The van der Waals surface area contributed by atoms with Crippen LogP contribution in [-0.2, 0) is 9.59 Å². The maximum absolute atomic E-state index is 12.0. The highest BCUT2D eigenvalue weighted by Gasteiger charge is 2.31. The standard InChI is InChI=1S/C14H14ClN3O2/c1-10-7-11(15)3-4-12(10)17-8-13(19)18(6-2-5-16)14(20)9-17/h3-4,7H,2,6,8-9H2,1H3. The van der Waals surface area contributed by atoms with E-state index < -0.39 is 0 Å². The number of hydrogen-bond donors (Lipinski definition) is 0. The summed E-state index contributed by atoms with van der Waals surface area (Å²) in [6.45, 7) is 2.33. The molecule has 0 unspecified atom stereocenters. The van der Waals surface area contributed by atoms with Gasteiger partial charge < -0.3 is 4.90 Å². The smallest absolute Gasteiger partial charge is 0.248 e. The molecule has 1 aromatic rings. The van der Waals surface area contributed by atoms with Gasteiger partial charge in [0, 0.05) is 17.3 Å². The summed E-state index contributed by atoms with van der Waals surface area (Å²) in [5, 5.41) is 9.16. The molecule has 5 nitrogen and oxygen atoms in total. The van der Waals surface area contributed by atoms with Crippen LogP contribution in [0.2, 0.25) is 5.02 Å². The second-order valence-electron chi connectivity index (χ2n) is 4.63. The number of nitrogens with zero attached hydrogens (tertiary/aromatic N) is 3. The number of piperazine rings is 1. The van der Waals surface area contributed by atoms with E-state index in [9.17, 15) is 9.59 Å². The van der Waals surface area contributed by atoms with E-state index >= 15 is 0 Å². The molecule has 20 heavy (non-hydrogen) atoms. The van der Waals surface area contributed by atoms with Gasteiger partial charge in [0.05, 0.1) is 25.6 Å². The number of amides is 2. The summed E-state index contributed by atoms with van der Waals surface area (Å²) in [6.07, 6.45) is 0.164. The second-order valence-corrected chi connectivity index (χ2v) is 5.07. The van der Waals surface area contributed by atoms with Crippen LogP contribution in [0.1, 0.15) is 12.0 Å². The highest BCUT2D eigenvalue weighted by Crippen LogP contribution is 2.25. The molecule has 0 aliphatic carbocycles. The van der Waals surface area contributed by atoms with Crippen LogP contribution in [-0.4, -0.2) is 36.3 Å². The van der Waals surface area contributed by atoms with Crippen LogP contribution in [0.5, 0.6) is 0 Å². The predicted molar refractivity (Wildman–Crippen MR) is 75.4 cm³/mol. The van der Waals surface area contributed by atoms with Crippen molar-refractivity contribution in [3.05, 3.63) is 28.8 Å². The summed E-state index contributed by atoms with van der Waals surface area (Å²) in [7, 11) is 0. The lowest BCUT2D eigenvalue weighted by Gasteiger charge is -2.34. The number of carbonyl (C=O) groups is 2. The third-order valence-electron chi connectivity index (χ3n) is 3.20. The van der Waals surface area contributed by atoms with Crippen molar-refractivity contribution in [3.8, 4) is 6.07 Å². The zero-order valence-electron chi connectivity index (χ0n) is 11.1. The highest BCUT2D eigenvalue weighted by molar-refractivity contribution is 6.30. The molecule has 1 aliphatic rings.